The van der Waals surface area contributed by atoms with Crippen molar-refractivity contribution in [3.63, 3.8) is 0 Å². The molecule has 6 heteroatoms. The lowest BCUT2D eigenvalue weighted by atomic mass is 10.1. The molecule has 0 spiro atoms. The van der Waals surface area contributed by atoms with Crippen LogP contribution < -0.4 is 10.6 Å². The molecule has 2 N–H and O–H groups in total. The molecule has 0 aliphatic heterocycles. The summed E-state index contributed by atoms with van der Waals surface area (Å²) in [5, 5.41) is 6.64. The lowest BCUT2D eigenvalue weighted by Gasteiger charge is -2.10. The molecule has 2 aromatic carbocycles. The van der Waals surface area contributed by atoms with Gasteiger partial charge in [0.05, 0.1) is 12.4 Å². The van der Waals surface area contributed by atoms with Crippen LogP contribution in [0.3, 0.4) is 0 Å². The van der Waals surface area contributed by atoms with Gasteiger partial charge in [0.1, 0.15) is 11.5 Å². The normalized spacial score (nSPS) is 10.4. The van der Waals surface area contributed by atoms with E-state index in [9.17, 15) is 4.79 Å². The van der Waals surface area contributed by atoms with Crippen molar-refractivity contribution in [3.05, 3.63) is 76.7 Å². The Balaban J connectivity index is 1.68. The van der Waals surface area contributed by atoms with Crippen LogP contribution in [0.5, 0.6) is 0 Å². The molecule has 3 aromatic rings. The first-order chi connectivity index (χ1) is 12.6. The highest BCUT2D eigenvalue weighted by atomic mass is 35.5. The molecule has 1 aromatic heterocycles. The highest BCUT2D eigenvalue weighted by Gasteiger charge is 2.09. The summed E-state index contributed by atoms with van der Waals surface area (Å²) in [7, 11) is 0. The van der Waals surface area contributed by atoms with E-state index in [2.05, 4.69) is 27.5 Å². The van der Waals surface area contributed by atoms with Gasteiger partial charge in [-0.1, -0.05) is 36.7 Å². The number of benzene rings is 2. The summed E-state index contributed by atoms with van der Waals surface area (Å²) in [6.45, 7) is 4.01. The van der Waals surface area contributed by atoms with Gasteiger partial charge in [0.25, 0.3) is 5.91 Å². The monoisotopic (exact) mass is 366 g/mol. The summed E-state index contributed by atoms with van der Waals surface area (Å²) >= 11 is 6.11. The van der Waals surface area contributed by atoms with Gasteiger partial charge in [-0.3, -0.25) is 4.79 Å². The van der Waals surface area contributed by atoms with E-state index < -0.39 is 0 Å². The summed E-state index contributed by atoms with van der Waals surface area (Å²) in [6.07, 6.45) is 3.92. The van der Waals surface area contributed by atoms with E-state index in [1.807, 2.05) is 49.4 Å². The van der Waals surface area contributed by atoms with Crippen molar-refractivity contribution in [1.29, 1.82) is 0 Å². The number of hydrogen-bond acceptors (Lipinski definition) is 4. The minimum absolute atomic E-state index is 0.248. The van der Waals surface area contributed by atoms with E-state index in [4.69, 9.17) is 11.6 Å². The molecule has 1 heterocycles. The van der Waals surface area contributed by atoms with Crippen LogP contribution in [0.4, 0.5) is 17.2 Å². The summed E-state index contributed by atoms with van der Waals surface area (Å²) in [5.74, 6) is 0.242. The Morgan fingerprint density at radius 2 is 1.85 bits per heavy atom. The Hall–Kier alpha value is -2.92. The van der Waals surface area contributed by atoms with Crippen molar-refractivity contribution in [1.82, 2.24) is 9.97 Å². The average molecular weight is 367 g/mol. The van der Waals surface area contributed by atoms with E-state index in [0.717, 1.165) is 23.4 Å². The van der Waals surface area contributed by atoms with E-state index in [0.29, 0.717) is 10.8 Å². The van der Waals surface area contributed by atoms with E-state index >= 15 is 0 Å². The predicted molar refractivity (Wildman–Crippen MR) is 105 cm³/mol. The molecule has 1 amide bonds. The van der Waals surface area contributed by atoms with Gasteiger partial charge in [0.15, 0.2) is 0 Å². The summed E-state index contributed by atoms with van der Waals surface area (Å²) < 4.78 is 0. The lowest BCUT2D eigenvalue weighted by molar-refractivity contribution is 0.102. The minimum atomic E-state index is -0.299. The van der Waals surface area contributed by atoms with E-state index in [1.54, 1.807) is 0 Å². The lowest BCUT2D eigenvalue weighted by Crippen LogP contribution is -2.14. The van der Waals surface area contributed by atoms with Gasteiger partial charge in [-0.25, -0.2) is 9.97 Å². The van der Waals surface area contributed by atoms with Crippen LogP contribution in [-0.2, 0) is 6.42 Å². The molecule has 26 heavy (non-hydrogen) atoms. The molecular formula is C20H19ClN4O. The maximum atomic E-state index is 12.3. The summed E-state index contributed by atoms with van der Waals surface area (Å²) in [5.41, 5.74) is 3.96. The number of nitrogens with one attached hydrogen (secondary N) is 2. The number of hydrogen-bond donors (Lipinski definition) is 2. The fraction of sp³-hybridized carbons (Fsp3) is 0.150. The number of rotatable bonds is 5. The maximum absolute atomic E-state index is 12.3. The molecule has 0 saturated carbocycles. The zero-order valence-corrected chi connectivity index (χ0v) is 15.3. The molecule has 3 rings (SSSR count). The molecule has 5 nitrogen and oxygen atoms in total. The minimum Gasteiger partial charge on any atom is -0.339 e. The van der Waals surface area contributed by atoms with Gasteiger partial charge < -0.3 is 10.6 Å². The molecule has 132 valence electrons. The predicted octanol–water partition coefficient (Wildman–Crippen LogP) is 5.00. The maximum Gasteiger partial charge on any atom is 0.275 e. The quantitative estimate of drug-likeness (QED) is 0.667. The van der Waals surface area contributed by atoms with Crippen LogP contribution in [0.25, 0.3) is 0 Å². The second-order valence-corrected chi connectivity index (χ2v) is 6.24. The Morgan fingerprint density at radius 1 is 1.08 bits per heavy atom. The highest BCUT2D eigenvalue weighted by Crippen LogP contribution is 2.25. The Morgan fingerprint density at radius 3 is 2.50 bits per heavy atom. The third kappa shape index (κ3) is 4.18. The molecule has 0 saturated heterocycles. The molecule has 0 radical (unpaired) electrons. The SMILES string of the molecule is CCc1ccc(NC(=O)c2cnc(Nc3cccc(Cl)c3C)cn2)cc1. The van der Waals surface area contributed by atoms with Crippen molar-refractivity contribution in [2.24, 2.45) is 0 Å². The van der Waals surface area contributed by atoms with Crippen LogP contribution in [0.2, 0.25) is 5.02 Å². The second kappa shape index (κ2) is 7.97. The van der Waals surface area contributed by atoms with Gasteiger partial charge in [-0.05, 0) is 48.7 Å². The van der Waals surface area contributed by atoms with Crippen molar-refractivity contribution < 1.29 is 4.79 Å². The van der Waals surface area contributed by atoms with Crippen molar-refractivity contribution in [3.8, 4) is 0 Å². The number of anilines is 3. The topological polar surface area (TPSA) is 66.9 Å². The summed E-state index contributed by atoms with van der Waals surface area (Å²) in [6, 6.07) is 13.3. The van der Waals surface area contributed by atoms with Gasteiger partial charge in [-0.2, -0.15) is 0 Å². The number of amides is 1. The van der Waals surface area contributed by atoms with Gasteiger partial charge in [0, 0.05) is 16.4 Å². The average Bonchev–Trinajstić information content (AvgIpc) is 2.66. The van der Waals surface area contributed by atoms with Crippen LogP contribution in [0.15, 0.2) is 54.9 Å². The zero-order valence-electron chi connectivity index (χ0n) is 14.6. The summed E-state index contributed by atoms with van der Waals surface area (Å²) in [4.78, 5) is 20.7. The Kier molecular flexibility index (Phi) is 5.49. The zero-order chi connectivity index (χ0) is 18.5. The van der Waals surface area contributed by atoms with Crippen LogP contribution >= 0.6 is 11.6 Å². The van der Waals surface area contributed by atoms with Crippen molar-refractivity contribution in [2.75, 3.05) is 10.6 Å². The standard InChI is InChI=1S/C20H19ClN4O/c1-3-14-7-9-15(10-8-14)24-20(26)18-11-23-19(12-22-18)25-17-6-4-5-16(21)13(17)2/h4-12H,3H2,1-2H3,(H,23,25)(H,24,26). The van der Waals surface area contributed by atoms with Gasteiger partial charge in [0.2, 0.25) is 0 Å². The molecule has 0 bridgehead atoms. The fourth-order valence-corrected chi connectivity index (χ4v) is 2.58. The highest BCUT2D eigenvalue weighted by molar-refractivity contribution is 6.31. The molecule has 0 aliphatic rings. The molecule has 0 unspecified atom stereocenters. The second-order valence-electron chi connectivity index (χ2n) is 5.83. The Bertz CT molecular complexity index is 908. The smallest absolute Gasteiger partial charge is 0.275 e. The number of carbonyl (C=O) groups excluding carboxylic acids is 1. The molecule has 0 fully saturated rings. The first-order valence-corrected chi connectivity index (χ1v) is 8.69. The third-order valence-corrected chi connectivity index (χ3v) is 4.44. The van der Waals surface area contributed by atoms with Gasteiger partial charge >= 0.3 is 0 Å². The van der Waals surface area contributed by atoms with Crippen LogP contribution in [0, 0.1) is 6.92 Å². The first-order valence-electron chi connectivity index (χ1n) is 8.31. The number of aromatic nitrogens is 2. The van der Waals surface area contributed by atoms with E-state index in [1.165, 1.54) is 18.0 Å². The van der Waals surface area contributed by atoms with Gasteiger partial charge in [-0.15, -0.1) is 0 Å². The third-order valence-electron chi connectivity index (χ3n) is 4.03. The van der Waals surface area contributed by atoms with Crippen LogP contribution in [-0.4, -0.2) is 15.9 Å². The molecule has 0 atom stereocenters. The largest absolute Gasteiger partial charge is 0.339 e. The number of nitrogens with zero attached hydrogens (tertiary/aromatic N) is 2. The first kappa shape index (κ1) is 17.9. The number of aryl methyl sites for hydroxylation is 1. The van der Waals surface area contributed by atoms with E-state index in [-0.39, 0.29) is 11.6 Å². The molecule has 0 aliphatic carbocycles. The number of carbonyl (C=O) groups is 1. The van der Waals surface area contributed by atoms with Crippen molar-refractivity contribution >= 4 is 34.7 Å². The number of halogens is 1. The Labute approximate surface area is 157 Å². The van der Waals surface area contributed by atoms with Crippen molar-refractivity contribution in [2.45, 2.75) is 20.3 Å². The molecular weight excluding hydrogens is 348 g/mol. The fourth-order valence-electron chi connectivity index (χ4n) is 2.41. The van der Waals surface area contributed by atoms with Crippen LogP contribution in [0.1, 0.15) is 28.5 Å².